The number of hydrogen-bond acceptors (Lipinski definition) is 4. The molecule has 1 unspecified atom stereocenters. The van der Waals surface area contributed by atoms with E-state index in [-0.39, 0.29) is 25.4 Å². The molecule has 0 radical (unpaired) electrons. The minimum absolute atomic E-state index is 0.0127. The Bertz CT molecular complexity index is 646. The third-order valence-electron chi connectivity index (χ3n) is 3.38. The number of ether oxygens (including phenoxy) is 1. The maximum Gasteiger partial charge on any atom is 0.573 e. The molecule has 0 bridgehead atoms. The number of carbonyl (C=O) groups is 3. The molecule has 1 aromatic rings. The molecule has 0 saturated heterocycles. The van der Waals surface area contributed by atoms with Crippen LogP contribution in [0, 0.1) is 0 Å². The van der Waals surface area contributed by atoms with Crippen LogP contribution in [0.3, 0.4) is 0 Å². The second-order valence-electron chi connectivity index (χ2n) is 5.45. The van der Waals surface area contributed by atoms with E-state index in [1.54, 1.807) is 0 Å². The lowest BCUT2D eigenvalue weighted by Gasteiger charge is -2.26. The second kappa shape index (κ2) is 9.07. The van der Waals surface area contributed by atoms with Crippen LogP contribution in [0.4, 0.5) is 13.2 Å². The summed E-state index contributed by atoms with van der Waals surface area (Å²) < 4.78 is 40.1. The first-order valence-corrected chi connectivity index (χ1v) is 7.61. The summed E-state index contributed by atoms with van der Waals surface area (Å²) >= 11 is 0. The van der Waals surface area contributed by atoms with E-state index in [2.05, 4.69) is 10.1 Å². The minimum atomic E-state index is -4.81. The first kappa shape index (κ1) is 21.3. The van der Waals surface area contributed by atoms with Gasteiger partial charge in [0.25, 0.3) is 0 Å². The van der Waals surface area contributed by atoms with E-state index in [0.29, 0.717) is 5.56 Å². The van der Waals surface area contributed by atoms with Gasteiger partial charge in [0.15, 0.2) is 0 Å². The van der Waals surface area contributed by atoms with Gasteiger partial charge < -0.3 is 20.1 Å². The molecule has 0 aliphatic carbocycles. The Labute approximate surface area is 147 Å². The summed E-state index contributed by atoms with van der Waals surface area (Å²) in [6.45, 7) is 2.68. The Morgan fingerprint density at radius 3 is 2.27 bits per heavy atom. The highest BCUT2D eigenvalue weighted by molar-refractivity contribution is 5.84. The Balaban J connectivity index is 2.78. The molecule has 0 heterocycles. The molecule has 2 N–H and O–H groups in total. The van der Waals surface area contributed by atoms with E-state index in [0.717, 1.165) is 17.0 Å². The summed E-state index contributed by atoms with van der Waals surface area (Å²) in [6.07, 6.45) is -5.02. The summed E-state index contributed by atoms with van der Waals surface area (Å²) in [5.74, 6) is -2.49. The Kier molecular flexibility index (Phi) is 7.41. The van der Waals surface area contributed by atoms with Gasteiger partial charge in [-0.2, -0.15) is 0 Å². The predicted molar refractivity (Wildman–Crippen MR) is 84.3 cm³/mol. The first-order chi connectivity index (χ1) is 12.0. The average Bonchev–Trinajstić information content (AvgIpc) is 2.51. The fourth-order valence-electron chi connectivity index (χ4n) is 2.11. The van der Waals surface area contributed by atoms with Gasteiger partial charge in [-0.05, 0) is 24.6 Å². The van der Waals surface area contributed by atoms with Gasteiger partial charge in [-0.15, -0.1) is 13.2 Å². The fourth-order valence-corrected chi connectivity index (χ4v) is 2.11. The third kappa shape index (κ3) is 7.41. The van der Waals surface area contributed by atoms with Gasteiger partial charge in [-0.3, -0.25) is 9.59 Å². The molecular formula is C16H19F3N2O5. The van der Waals surface area contributed by atoms with Crippen molar-refractivity contribution >= 4 is 17.8 Å². The minimum Gasteiger partial charge on any atom is -0.480 e. The summed E-state index contributed by atoms with van der Waals surface area (Å²) in [5, 5.41) is 11.6. The normalized spacial score (nSPS) is 12.2. The number of nitrogens with one attached hydrogen (secondary N) is 1. The van der Waals surface area contributed by atoms with Gasteiger partial charge in [0.2, 0.25) is 11.8 Å². The fraction of sp³-hybridized carbons (Fsp3) is 0.438. The maximum atomic E-state index is 12.4. The van der Waals surface area contributed by atoms with Crippen LogP contribution in [0.15, 0.2) is 24.3 Å². The SMILES string of the molecule is CC(=O)NCCN(C(=O)Cc1ccc(OC(F)(F)F)cc1)C(C)C(=O)O. The van der Waals surface area contributed by atoms with Crippen LogP contribution in [-0.4, -0.2) is 53.3 Å². The third-order valence-corrected chi connectivity index (χ3v) is 3.38. The molecule has 10 heteroatoms. The number of halogens is 3. The highest BCUT2D eigenvalue weighted by atomic mass is 19.4. The quantitative estimate of drug-likeness (QED) is 0.718. The van der Waals surface area contributed by atoms with E-state index >= 15 is 0 Å². The number of carboxylic acids is 1. The number of aliphatic carboxylic acids is 1. The highest BCUT2D eigenvalue weighted by Gasteiger charge is 2.31. The van der Waals surface area contributed by atoms with Crippen molar-refractivity contribution in [2.75, 3.05) is 13.1 Å². The van der Waals surface area contributed by atoms with E-state index in [4.69, 9.17) is 5.11 Å². The summed E-state index contributed by atoms with van der Waals surface area (Å²) in [6, 6.07) is 3.59. The molecule has 1 aromatic carbocycles. The number of benzene rings is 1. The summed E-state index contributed by atoms with van der Waals surface area (Å²) in [5.41, 5.74) is 0.395. The molecule has 7 nitrogen and oxygen atoms in total. The van der Waals surface area contributed by atoms with Crippen LogP contribution >= 0.6 is 0 Å². The molecule has 0 aliphatic heterocycles. The Morgan fingerprint density at radius 1 is 1.23 bits per heavy atom. The number of alkyl halides is 3. The van der Waals surface area contributed by atoms with Crippen molar-refractivity contribution in [1.29, 1.82) is 0 Å². The van der Waals surface area contributed by atoms with Crippen LogP contribution in [0.1, 0.15) is 19.4 Å². The lowest BCUT2D eigenvalue weighted by atomic mass is 10.1. The average molecular weight is 376 g/mol. The van der Waals surface area contributed by atoms with Crippen molar-refractivity contribution in [3.05, 3.63) is 29.8 Å². The van der Waals surface area contributed by atoms with Crippen molar-refractivity contribution in [3.63, 3.8) is 0 Å². The standard InChI is InChI=1S/C16H19F3N2O5/c1-10(15(24)25)21(8-7-20-11(2)22)14(23)9-12-3-5-13(6-4-12)26-16(17,18)19/h3-6,10H,7-9H2,1-2H3,(H,20,22)(H,24,25). The number of rotatable bonds is 8. The molecule has 144 valence electrons. The molecular weight excluding hydrogens is 357 g/mol. The van der Waals surface area contributed by atoms with Crippen LogP contribution in [0.25, 0.3) is 0 Å². The maximum absolute atomic E-state index is 12.4. The monoisotopic (exact) mass is 376 g/mol. The summed E-state index contributed by atoms with van der Waals surface area (Å²) in [7, 11) is 0. The molecule has 0 fully saturated rings. The topological polar surface area (TPSA) is 95.9 Å². The van der Waals surface area contributed by atoms with E-state index in [9.17, 15) is 27.6 Å². The van der Waals surface area contributed by atoms with Gasteiger partial charge in [-0.1, -0.05) is 12.1 Å². The highest BCUT2D eigenvalue weighted by Crippen LogP contribution is 2.23. The van der Waals surface area contributed by atoms with Crippen molar-refractivity contribution in [1.82, 2.24) is 10.2 Å². The molecule has 0 saturated carbocycles. The molecule has 0 aliphatic rings. The molecule has 0 spiro atoms. The van der Waals surface area contributed by atoms with Crippen molar-refractivity contribution < 1.29 is 37.4 Å². The smallest absolute Gasteiger partial charge is 0.480 e. The zero-order chi connectivity index (χ0) is 19.9. The summed E-state index contributed by atoms with van der Waals surface area (Å²) in [4.78, 5) is 35.5. The van der Waals surface area contributed by atoms with Crippen molar-refractivity contribution in [2.45, 2.75) is 32.7 Å². The zero-order valence-electron chi connectivity index (χ0n) is 14.2. The van der Waals surface area contributed by atoms with Crippen LogP contribution < -0.4 is 10.1 Å². The van der Waals surface area contributed by atoms with Crippen LogP contribution in [0.5, 0.6) is 5.75 Å². The van der Waals surface area contributed by atoms with Crippen LogP contribution in [0.2, 0.25) is 0 Å². The number of carboxylic acid groups (broad SMARTS) is 1. The molecule has 2 amide bonds. The lowest BCUT2D eigenvalue weighted by Crippen LogP contribution is -2.47. The van der Waals surface area contributed by atoms with E-state index < -0.39 is 30.0 Å². The van der Waals surface area contributed by atoms with Crippen LogP contribution in [-0.2, 0) is 20.8 Å². The second-order valence-corrected chi connectivity index (χ2v) is 5.45. The largest absolute Gasteiger partial charge is 0.573 e. The van der Waals surface area contributed by atoms with Gasteiger partial charge >= 0.3 is 12.3 Å². The lowest BCUT2D eigenvalue weighted by molar-refractivity contribution is -0.274. The Hall–Kier alpha value is -2.78. The molecule has 1 rings (SSSR count). The van der Waals surface area contributed by atoms with E-state index in [1.165, 1.54) is 26.0 Å². The predicted octanol–water partition coefficient (Wildman–Crippen LogP) is 1.57. The van der Waals surface area contributed by atoms with Crippen molar-refractivity contribution in [3.8, 4) is 5.75 Å². The number of hydrogen-bond donors (Lipinski definition) is 2. The number of amides is 2. The van der Waals surface area contributed by atoms with E-state index in [1.807, 2.05) is 0 Å². The van der Waals surface area contributed by atoms with Gasteiger partial charge in [-0.25, -0.2) is 4.79 Å². The zero-order valence-corrected chi connectivity index (χ0v) is 14.2. The van der Waals surface area contributed by atoms with Gasteiger partial charge in [0, 0.05) is 20.0 Å². The van der Waals surface area contributed by atoms with Crippen molar-refractivity contribution in [2.24, 2.45) is 0 Å². The molecule has 1 atom stereocenters. The molecule has 26 heavy (non-hydrogen) atoms. The molecule has 0 aromatic heterocycles. The first-order valence-electron chi connectivity index (χ1n) is 7.61. The van der Waals surface area contributed by atoms with Gasteiger partial charge in [0.05, 0.1) is 6.42 Å². The van der Waals surface area contributed by atoms with Gasteiger partial charge in [0.1, 0.15) is 11.8 Å². The Morgan fingerprint density at radius 2 is 1.81 bits per heavy atom. The number of nitrogens with zero attached hydrogens (tertiary/aromatic N) is 1. The number of carbonyl (C=O) groups excluding carboxylic acids is 2.